The van der Waals surface area contributed by atoms with Crippen LogP contribution in [-0.2, 0) is 6.54 Å². The molecule has 1 aromatic heterocycles. The number of hydrogen-bond donors (Lipinski definition) is 1. The van der Waals surface area contributed by atoms with Crippen molar-refractivity contribution < 1.29 is 0 Å². The molecule has 2 saturated heterocycles. The summed E-state index contributed by atoms with van der Waals surface area (Å²) < 4.78 is 0. The number of likely N-dealkylation sites (N-methyl/N-ethyl adjacent to an activating group) is 1. The normalized spacial score (nSPS) is 21.4. The summed E-state index contributed by atoms with van der Waals surface area (Å²) in [4.78, 5) is 16.5. The highest BCUT2D eigenvalue weighted by Gasteiger charge is 2.21. The monoisotopic (exact) mass is 518 g/mol. The van der Waals surface area contributed by atoms with Crippen LogP contribution in [0.5, 0.6) is 0 Å². The minimum atomic E-state index is 0. The van der Waals surface area contributed by atoms with Crippen LogP contribution in [0.25, 0.3) is 0 Å². The number of nitrogens with one attached hydrogen (secondary N) is 1. The van der Waals surface area contributed by atoms with E-state index in [9.17, 15) is 0 Å². The molecule has 1 unspecified atom stereocenters. The van der Waals surface area contributed by atoms with Gasteiger partial charge in [-0.25, -0.2) is 4.98 Å². The Balaban J connectivity index is 0.00000280. The molecule has 0 saturated carbocycles. The second-order valence-electron chi connectivity index (χ2n) is 7.19. The van der Waals surface area contributed by atoms with Gasteiger partial charge in [0.25, 0.3) is 0 Å². The Hall–Kier alpha value is -0.740. The Morgan fingerprint density at radius 2 is 2.00 bits per heavy atom. The summed E-state index contributed by atoms with van der Waals surface area (Å²) in [6.45, 7) is 13.0. The van der Waals surface area contributed by atoms with E-state index in [1.807, 2.05) is 13.2 Å². The molecule has 0 bridgehead atoms. The minimum Gasteiger partial charge on any atom is -0.354 e. The molecule has 1 N–H and O–H groups in total. The molecule has 28 heavy (non-hydrogen) atoms. The van der Waals surface area contributed by atoms with Crippen LogP contribution in [0.2, 0.25) is 0 Å². The van der Waals surface area contributed by atoms with Crippen molar-refractivity contribution in [1.29, 1.82) is 0 Å². The SMILES string of the molecule is CCC1CN(C(=NC)NCc2ccc(N3CCN(CC)CC3)nc2)CCS1.I. The van der Waals surface area contributed by atoms with Gasteiger partial charge < -0.3 is 20.0 Å². The van der Waals surface area contributed by atoms with Gasteiger partial charge in [0.1, 0.15) is 5.82 Å². The molecule has 1 aromatic rings. The Morgan fingerprint density at radius 3 is 2.61 bits per heavy atom. The van der Waals surface area contributed by atoms with E-state index in [-0.39, 0.29) is 24.0 Å². The van der Waals surface area contributed by atoms with Crippen molar-refractivity contribution >= 4 is 47.5 Å². The molecule has 6 nitrogen and oxygen atoms in total. The molecule has 0 aliphatic carbocycles. The zero-order chi connectivity index (χ0) is 19.1. The number of aromatic nitrogens is 1. The fourth-order valence-corrected chi connectivity index (χ4v) is 4.85. The molecule has 8 heteroatoms. The van der Waals surface area contributed by atoms with E-state index in [2.05, 4.69) is 62.8 Å². The minimum absolute atomic E-state index is 0. The average molecular weight is 519 g/mol. The van der Waals surface area contributed by atoms with E-state index in [0.717, 1.165) is 64.1 Å². The summed E-state index contributed by atoms with van der Waals surface area (Å²) in [7, 11) is 1.88. The lowest BCUT2D eigenvalue weighted by molar-refractivity contribution is 0.270. The molecule has 2 fully saturated rings. The van der Waals surface area contributed by atoms with Gasteiger partial charge >= 0.3 is 0 Å². The van der Waals surface area contributed by atoms with Gasteiger partial charge in [0.05, 0.1) is 0 Å². The topological polar surface area (TPSA) is 47.0 Å². The Kier molecular flexibility index (Phi) is 10.1. The largest absolute Gasteiger partial charge is 0.354 e. The molecule has 3 rings (SSSR count). The number of halogens is 1. The first-order valence-corrected chi connectivity index (χ1v) is 11.3. The first kappa shape index (κ1) is 23.5. The van der Waals surface area contributed by atoms with Gasteiger partial charge in [0, 0.05) is 70.1 Å². The maximum Gasteiger partial charge on any atom is 0.193 e. The Labute approximate surface area is 191 Å². The van der Waals surface area contributed by atoms with Gasteiger partial charge in [-0.1, -0.05) is 19.9 Å². The summed E-state index contributed by atoms with van der Waals surface area (Å²) in [6, 6.07) is 4.35. The van der Waals surface area contributed by atoms with Gasteiger partial charge in [-0.05, 0) is 24.6 Å². The Morgan fingerprint density at radius 1 is 1.21 bits per heavy atom. The van der Waals surface area contributed by atoms with Crippen LogP contribution in [0.3, 0.4) is 0 Å². The van der Waals surface area contributed by atoms with Gasteiger partial charge in [-0.3, -0.25) is 4.99 Å². The molecular weight excluding hydrogens is 483 g/mol. The van der Waals surface area contributed by atoms with Crippen molar-refractivity contribution in [3.05, 3.63) is 23.9 Å². The molecule has 2 aliphatic heterocycles. The van der Waals surface area contributed by atoms with E-state index in [0.29, 0.717) is 5.25 Å². The standard InChI is InChI=1S/C20H34N6S.HI/c1-4-18-16-26(12-13-27-18)20(21-3)23-15-17-6-7-19(22-14-17)25-10-8-24(5-2)9-11-25;/h6-7,14,18H,4-5,8-13,15-16H2,1-3H3,(H,21,23);1H. The summed E-state index contributed by atoms with van der Waals surface area (Å²) >= 11 is 2.08. The van der Waals surface area contributed by atoms with Crippen LogP contribution in [-0.4, -0.2) is 84.6 Å². The van der Waals surface area contributed by atoms with E-state index in [4.69, 9.17) is 4.98 Å². The van der Waals surface area contributed by atoms with Crippen LogP contribution in [0.15, 0.2) is 23.3 Å². The van der Waals surface area contributed by atoms with Crippen LogP contribution < -0.4 is 10.2 Å². The highest BCUT2D eigenvalue weighted by Crippen LogP contribution is 2.21. The van der Waals surface area contributed by atoms with Crippen LogP contribution >= 0.6 is 35.7 Å². The smallest absolute Gasteiger partial charge is 0.193 e. The van der Waals surface area contributed by atoms with Gasteiger partial charge in [0.15, 0.2) is 5.96 Å². The van der Waals surface area contributed by atoms with Crippen LogP contribution in [0.4, 0.5) is 5.82 Å². The number of piperazine rings is 1. The summed E-state index contributed by atoms with van der Waals surface area (Å²) in [5.74, 6) is 3.28. The molecule has 158 valence electrons. The fourth-order valence-electron chi connectivity index (χ4n) is 3.67. The van der Waals surface area contributed by atoms with Gasteiger partial charge in [-0.2, -0.15) is 11.8 Å². The number of guanidine groups is 1. The van der Waals surface area contributed by atoms with E-state index in [1.54, 1.807) is 0 Å². The maximum absolute atomic E-state index is 4.71. The lowest BCUT2D eigenvalue weighted by atomic mass is 10.2. The first-order chi connectivity index (χ1) is 13.2. The maximum atomic E-state index is 4.71. The number of rotatable bonds is 5. The highest BCUT2D eigenvalue weighted by atomic mass is 127. The summed E-state index contributed by atoms with van der Waals surface area (Å²) in [5.41, 5.74) is 1.20. The van der Waals surface area contributed by atoms with E-state index < -0.39 is 0 Å². The number of nitrogens with zero attached hydrogens (tertiary/aromatic N) is 5. The molecule has 2 aliphatic rings. The summed E-state index contributed by atoms with van der Waals surface area (Å²) in [6.07, 6.45) is 3.22. The third kappa shape index (κ3) is 6.38. The lowest BCUT2D eigenvalue weighted by Crippen LogP contribution is -2.47. The van der Waals surface area contributed by atoms with Crippen molar-refractivity contribution in [3.63, 3.8) is 0 Å². The predicted molar refractivity (Wildman–Crippen MR) is 132 cm³/mol. The van der Waals surface area contributed by atoms with Gasteiger partial charge in [-0.15, -0.1) is 24.0 Å². The number of anilines is 1. The first-order valence-electron chi connectivity index (χ1n) is 10.2. The molecule has 3 heterocycles. The van der Waals surface area contributed by atoms with E-state index in [1.165, 1.54) is 17.7 Å². The van der Waals surface area contributed by atoms with Crippen molar-refractivity contribution in [2.24, 2.45) is 4.99 Å². The van der Waals surface area contributed by atoms with Crippen molar-refractivity contribution in [2.45, 2.75) is 32.1 Å². The van der Waals surface area contributed by atoms with Crippen LogP contribution in [0, 0.1) is 0 Å². The van der Waals surface area contributed by atoms with Gasteiger partial charge in [0.2, 0.25) is 0 Å². The molecule has 0 radical (unpaired) electrons. The zero-order valence-corrected chi connectivity index (χ0v) is 20.6. The predicted octanol–water partition coefficient (Wildman–Crippen LogP) is 2.74. The zero-order valence-electron chi connectivity index (χ0n) is 17.4. The quantitative estimate of drug-likeness (QED) is 0.368. The third-order valence-corrected chi connectivity index (χ3v) is 6.88. The number of hydrogen-bond acceptors (Lipinski definition) is 5. The second-order valence-corrected chi connectivity index (χ2v) is 8.60. The highest BCUT2D eigenvalue weighted by molar-refractivity contribution is 14.0. The second kappa shape index (κ2) is 12.1. The molecule has 0 aromatic carbocycles. The Bertz CT molecular complexity index is 603. The van der Waals surface area contributed by atoms with Crippen molar-refractivity contribution in [1.82, 2.24) is 20.1 Å². The van der Waals surface area contributed by atoms with Crippen molar-refractivity contribution in [3.8, 4) is 0 Å². The molecular formula is C20H35IN6S. The molecule has 1 atom stereocenters. The number of thioether (sulfide) groups is 1. The number of aliphatic imine (C=N–C) groups is 1. The van der Waals surface area contributed by atoms with Crippen molar-refractivity contribution in [2.75, 3.05) is 63.5 Å². The third-order valence-electron chi connectivity index (χ3n) is 5.51. The molecule has 0 spiro atoms. The molecule has 0 amide bonds. The fraction of sp³-hybridized carbons (Fsp3) is 0.700. The van der Waals surface area contributed by atoms with E-state index >= 15 is 0 Å². The van der Waals surface area contributed by atoms with Crippen LogP contribution in [0.1, 0.15) is 25.8 Å². The average Bonchev–Trinajstić information content (AvgIpc) is 2.75. The lowest BCUT2D eigenvalue weighted by Gasteiger charge is -2.35. The summed E-state index contributed by atoms with van der Waals surface area (Å²) in [5, 5.41) is 4.23. The number of pyridine rings is 1.